The van der Waals surface area contributed by atoms with E-state index in [0.717, 1.165) is 18.2 Å². The van der Waals surface area contributed by atoms with Crippen molar-refractivity contribution in [1.82, 2.24) is 0 Å². The van der Waals surface area contributed by atoms with E-state index in [-0.39, 0.29) is 17.8 Å². The second-order valence-corrected chi connectivity index (χ2v) is 7.24. The number of ether oxygens (including phenoxy) is 1. The highest BCUT2D eigenvalue weighted by molar-refractivity contribution is 5.93. The average Bonchev–Trinajstić information content (AvgIpc) is 2.55. The van der Waals surface area contributed by atoms with E-state index in [2.05, 4.69) is 10.6 Å². The van der Waals surface area contributed by atoms with Crippen molar-refractivity contribution in [1.29, 1.82) is 0 Å². The lowest BCUT2D eigenvalue weighted by Gasteiger charge is -2.19. The molecule has 2 aromatic rings. The third-order valence-electron chi connectivity index (χ3n) is 3.53. The number of rotatable bonds is 4. The zero-order valence-corrected chi connectivity index (χ0v) is 16.0. The number of alkyl halides is 3. The number of anilines is 2. The van der Waals surface area contributed by atoms with Gasteiger partial charge in [-0.05, 0) is 56.7 Å². The molecule has 29 heavy (non-hydrogen) atoms. The van der Waals surface area contributed by atoms with Gasteiger partial charge in [0, 0.05) is 5.69 Å². The zero-order chi connectivity index (χ0) is 21.8. The lowest BCUT2D eigenvalue weighted by molar-refractivity contribution is -0.137. The molecule has 0 saturated heterocycles. The molecule has 0 aliphatic carbocycles. The first-order chi connectivity index (χ1) is 13.3. The molecule has 5 nitrogen and oxygen atoms in total. The van der Waals surface area contributed by atoms with Crippen molar-refractivity contribution < 1.29 is 31.9 Å². The van der Waals surface area contributed by atoms with Crippen LogP contribution in [0.15, 0.2) is 42.5 Å². The first-order valence-electron chi connectivity index (χ1n) is 8.59. The summed E-state index contributed by atoms with van der Waals surface area (Å²) in [6, 6.07) is 7.66. The van der Waals surface area contributed by atoms with Crippen LogP contribution in [0.3, 0.4) is 0 Å². The van der Waals surface area contributed by atoms with Crippen molar-refractivity contribution in [3.05, 3.63) is 59.4 Å². The van der Waals surface area contributed by atoms with Gasteiger partial charge in [0.05, 0.1) is 17.7 Å². The quantitative estimate of drug-likeness (QED) is 0.664. The minimum absolute atomic E-state index is 0.185. The summed E-state index contributed by atoms with van der Waals surface area (Å²) in [4.78, 5) is 23.9. The fourth-order valence-corrected chi connectivity index (χ4v) is 2.31. The number of carbonyl (C=O) groups is 2. The maximum Gasteiger partial charge on any atom is 0.416 e. The van der Waals surface area contributed by atoms with Crippen LogP contribution in [-0.2, 0) is 22.1 Å². The molecule has 0 heterocycles. The van der Waals surface area contributed by atoms with E-state index in [1.807, 2.05) is 0 Å². The van der Waals surface area contributed by atoms with Gasteiger partial charge in [0.1, 0.15) is 11.4 Å². The van der Waals surface area contributed by atoms with Gasteiger partial charge in [-0.2, -0.15) is 13.2 Å². The van der Waals surface area contributed by atoms with E-state index in [1.165, 1.54) is 24.3 Å². The summed E-state index contributed by atoms with van der Waals surface area (Å²) in [5.74, 6) is -1.36. The maximum atomic E-state index is 14.0. The number of benzene rings is 2. The Balaban J connectivity index is 2.03. The standard InChI is InChI=1S/C20H20F4N2O3/c1-19(2,3)29-18(28)25-14-8-9-15(21)16(11-14)26-17(27)10-12-4-6-13(7-5-12)20(22,23)24/h4-9,11H,10H2,1-3H3,(H,25,28)(H,26,27). The minimum Gasteiger partial charge on any atom is -0.444 e. The number of carbonyl (C=O) groups excluding carboxylic acids is 2. The summed E-state index contributed by atoms with van der Waals surface area (Å²) in [5.41, 5.74) is -1.20. The van der Waals surface area contributed by atoms with Gasteiger partial charge >= 0.3 is 12.3 Å². The van der Waals surface area contributed by atoms with E-state index in [9.17, 15) is 27.2 Å². The smallest absolute Gasteiger partial charge is 0.416 e. The van der Waals surface area contributed by atoms with E-state index in [4.69, 9.17) is 4.74 Å². The molecule has 0 atom stereocenters. The molecule has 2 N–H and O–H groups in total. The van der Waals surface area contributed by atoms with Crippen LogP contribution in [0.5, 0.6) is 0 Å². The van der Waals surface area contributed by atoms with Crippen molar-refractivity contribution in [3.8, 4) is 0 Å². The van der Waals surface area contributed by atoms with Crippen molar-refractivity contribution in [2.45, 2.75) is 39.0 Å². The van der Waals surface area contributed by atoms with Gasteiger partial charge in [0.15, 0.2) is 0 Å². The number of nitrogens with one attached hydrogen (secondary N) is 2. The Morgan fingerprint density at radius 3 is 2.14 bits per heavy atom. The van der Waals surface area contributed by atoms with Crippen LogP contribution in [0.4, 0.5) is 33.7 Å². The predicted octanol–water partition coefficient (Wildman–Crippen LogP) is 5.37. The summed E-state index contributed by atoms with van der Waals surface area (Å²) in [6.07, 6.45) is -5.46. The average molecular weight is 412 g/mol. The van der Waals surface area contributed by atoms with Gasteiger partial charge in [-0.1, -0.05) is 12.1 Å². The highest BCUT2D eigenvalue weighted by atomic mass is 19.4. The lowest BCUT2D eigenvalue weighted by Crippen LogP contribution is -2.27. The van der Waals surface area contributed by atoms with Crippen LogP contribution in [0.2, 0.25) is 0 Å². The Hall–Kier alpha value is -3.10. The number of amides is 2. The molecule has 0 fully saturated rings. The number of hydrogen-bond donors (Lipinski definition) is 2. The molecule has 0 aromatic heterocycles. The highest BCUT2D eigenvalue weighted by Gasteiger charge is 2.30. The Bertz CT molecular complexity index is 888. The molecule has 0 aliphatic rings. The largest absolute Gasteiger partial charge is 0.444 e. The van der Waals surface area contributed by atoms with Crippen molar-refractivity contribution in [2.24, 2.45) is 0 Å². The molecule has 0 bridgehead atoms. The highest BCUT2D eigenvalue weighted by Crippen LogP contribution is 2.29. The predicted molar refractivity (Wildman–Crippen MR) is 100 cm³/mol. The van der Waals surface area contributed by atoms with E-state index in [0.29, 0.717) is 5.56 Å². The molecule has 2 amide bonds. The minimum atomic E-state index is -4.47. The molecule has 0 radical (unpaired) electrons. The monoisotopic (exact) mass is 412 g/mol. The Labute approximate surface area is 165 Å². The number of halogens is 4. The summed E-state index contributed by atoms with van der Waals surface area (Å²) in [6.45, 7) is 5.05. The van der Waals surface area contributed by atoms with Crippen molar-refractivity contribution >= 4 is 23.4 Å². The molecule has 0 saturated carbocycles. The Morgan fingerprint density at radius 1 is 0.966 bits per heavy atom. The van der Waals surface area contributed by atoms with Gasteiger partial charge in [-0.15, -0.1) is 0 Å². The fraction of sp³-hybridized carbons (Fsp3) is 0.300. The zero-order valence-electron chi connectivity index (χ0n) is 16.0. The van der Waals surface area contributed by atoms with Crippen LogP contribution in [-0.4, -0.2) is 17.6 Å². The molecular formula is C20H20F4N2O3. The van der Waals surface area contributed by atoms with E-state index >= 15 is 0 Å². The van der Waals surface area contributed by atoms with Gasteiger partial charge in [-0.25, -0.2) is 9.18 Å². The molecule has 0 unspecified atom stereocenters. The molecule has 2 aromatic carbocycles. The molecular weight excluding hydrogens is 392 g/mol. The second kappa shape index (κ2) is 8.50. The van der Waals surface area contributed by atoms with Crippen molar-refractivity contribution in [3.63, 3.8) is 0 Å². The Kier molecular flexibility index (Phi) is 6.51. The summed E-state index contributed by atoms with van der Waals surface area (Å²) >= 11 is 0. The van der Waals surface area contributed by atoms with E-state index < -0.39 is 35.2 Å². The normalized spacial score (nSPS) is 11.7. The van der Waals surface area contributed by atoms with E-state index in [1.54, 1.807) is 20.8 Å². The topological polar surface area (TPSA) is 67.4 Å². The third-order valence-corrected chi connectivity index (χ3v) is 3.53. The van der Waals surface area contributed by atoms with Crippen LogP contribution >= 0.6 is 0 Å². The first-order valence-corrected chi connectivity index (χ1v) is 8.59. The Morgan fingerprint density at radius 2 is 1.59 bits per heavy atom. The molecule has 156 valence electrons. The molecule has 0 spiro atoms. The van der Waals surface area contributed by atoms with Gasteiger partial charge in [0.25, 0.3) is 0 Å². The fourth-order valence-electron chi connectivity index (χ4n) is 2.31. The first kappa shape index (κ1) is 22.2. The summed E-state index contributed by atoms with van der Waals surface area (Å²) in [7, 11) is 0. The SMILES string of the molecule is CC(C)(C)OC(=O)Nc1ccc(F)c(NC(=O)Cc2ccc(C(F)(F)F)cc2)c1. The summed E-state index contributed by atoms with van der Waals surface area (Å²) in [5, 5.41) is 4.76. The lowest BCUT2D eigenvalue weighted by atomic mass is 10.1. The molecule has 0 aliphatic heterocycles. The van der Waals surface area contributed by atoms with Crippen molar-refractivity contribution in [2.75, 3.05) is 10.6 Å². The van der Waals surface area contributed by atoms with Crippen LogP contribution in [0, 0.1) is 5.82 Å². The second-order valence-electron chi connectivity index (χ2n) is 7.24. The summed E-state index contributed by atoms with van der Waals surface area (Å²) < 4.78 is 56.8. The van der Waals surface area contributed by atoms with Gasteiger partial charge in [0.2, 0.25) is 5.91 Å². The van der Waals surface area contributed by atoms with Crippen LogP contribution < -0.4 is 10.6 Å². The van der Waals surface area contributed by atoms with Crippen LogP contribution in [0.1, 0.15) is 31.9 Å². The molecule has 2 rings (SSSR count). The van der Waals surface area contributed by atoms with Crippen LogP contribution in [0.25, 0.3) is 0 Å². The number of hydrogen-bond acceptors (Lipinski definition) is 3. The van der Waals surface area contributed by atoms with Gasteiger partial charge < -0.3 is 10.1 Å². The molecule has 9 heteroatoms. The third kappa shape index (κ3) is 7.10. The maximum absolute atomic E-state index is 14.0. The van der Waals surface area contributed by atoms with Gasteiger partial charge in [-0.3, -0.25) is 10.1 Å².